The zero-order valence-corrected chi connectivity index (χ0v) is 38.6. The molecular weight excluding hydrogens is 817 g/mol. The van der Waals surface area contributed by atoms with Crippen LogP contribution in [0.2, 0.25) is 0 Å². The van der Waals surface area contributed by atoms with Crippen LogP contribution in [0.3, 0.4) is 0 Å². The molecule has 0 N–H and O–H groups in total. The van der Waals surface area contributed by atoms with Crippen LogP contribution in [0, 0.1) is 140 Å². The predicted molar refractivity (Wildman–Crippen MR) is 241 cm³/mol. The first-order valence-electron chi connectivity index (χ1n) is 21.0. The molecule has 0 aliphatic carbocycles. The Labute approximate surface area is 362 Å². The van der Waals surface area contributed by atoms with Gasteiger partial charge < -0.3 is 9.13 Å². The van der Waals surface area contributed by atoms with Crippen molar-refractivity contribution in [1.82, 2.24) is 9.13 Å². The number of nitrogens with zero attached hydrogens (tertiary/aromatic N) is 2. The molecule has 0 radical (unpaired) electrons. The van der Waals surface area contributed by atoms with Gasteiger partial charge in [0.1, 0.15) is 5.56 Å². The highest BCUT2D eigenvalue weighted by Gasteiger charge is 2.43. The molecule has 0 bridgehead atoms. The Hall–Kier alpha value is -5.64. The molecule has 0 saturated carbocycles. The van der Waals surface area contributed by atoms with Crippen molar-refractivity contribution in [2.45, 2.75) is 117 Å². The smallest absolute Gasteiger partial charge is 0.308 e. The van der Waals surface area contributed by atoms with Crippen molar-refractivity contribution in [1.29, 1.82) is 0 Å². The highest BCUT2D eigenvalue weighted by Crippen LogP contribution is 2.52. The molecule has 2 nitrogen and oxygen atoms in total. The minimum absolute atomic E-state index is 0.341. The molecule has 8 aromatic rings. The summed E-state index contributed by atoms with van der Waals surface area (Å²) < 4.78 is 133. The standard InChI is InChI=1S/C53H50F8N2/c1-19-23(5)31(13)48-37(27(19)9)38-28(10)20(2)24(6)32(14)49(38)62(48)36-18-17-35(41-43(54)45(56)47(58)46(57)44(41)55)52(42(36)53(59,60)61)63-50-33(15)25(7)21(3)29(11)39(50)40-30(12)22(4)26(8)34(16)51(40)63/h17-18H,1-16H3. The van der Waals surface area contributed by atoms with E-state index in [-0.39, 0.29) is 5.69 Å². The summed E-state index contributed by atoms with van der Waals surface area (Å²) in [6.07, 6.45) is -5.28. The third-order valence-corrected chi connectivity index (χ3v) is 15.4. The number of halogens is 8. The fraction of sp³-hybridized carbons (Fsp3) is 0.321. The lowest BCUT2D eigenvalue weighted by atomic mass is 9.90. The average Bonchev–Trinajstić information content (AvgIpc) is 3.79. The molecular formula is C53H50F8N2. The number of hydrogen-bond donors (Lipinski definition) is 0. The highest BCUT2D eigenvalue weighted by atomic mass is 19.4. The molecule has 0 spiro atoms. The molecule has 8 rings (SSSR count). The largest absolute Gasteiger partial charge is 0.420 e. The molecule has 0 unspecified atom stereocenters. The van der Waals surface area contributed by atoms with Gasteiger partial charge in [-0.1, -0.05) is 0 Å². The Bertz CT molecular complexity index is 3240. The normalized spacial score (nSPS) is 12.4. The summed E-state index contributed by atoms with van der Waals surface area (Å²) in [5.41, 5.74) is 10.3. The minimum atomic E-state index is -5.28. The lowest BCUT2D eigenvalue weighted by Gasteiger charge is -2.27. The molecule has 0 atom stereocenters. The van der Waals surface area contributed by atoms with Crippen molar-refractivity contribution in [3.05, 3.63) is 136 Å². The Kier molecular flexibility index (Phi) is 9.90. The second kappa shape index (κ2) is 14.2. The van der Waals surface area contributed by atoms with Gasteiger partial charge in [-0.05, 0) is 212 Å². The van der Waals surface area contributed by atoms with Gasteiger partial charge in [-0.2, -0.15) is 13.2 Å². The van der Waals surface area contributed by atoms with E-state index in [1.54, 1.807) is 18.4 Å². The van der Waals surface area contributed by atoms with E-state index in [0.717, 1.165) is 101 Å². The Morgan fingerprint density at radius 3 is 0.905 bits per heavy atom. The molecule has 2 heterocycles. The summed E-state index contributed by atoms with van der Waals surface area (Å²) >= 11 is 0. The third kappa shape index (κ3) is 5.54. The maximum atomic E-state index is 17.1. The second-order valence-electron chi connectivity index (χ2n) is 17.9. The van der Waals surface area contributed by atoms with Crippen LogP contribution in [0.15, 0.2) is 12.1 Å². The van der Waals surface area contributed by atoms with E-state index < -0.39 is 57.6 Å². The molecule has 10 heteroatoms. The number of hydrogen-bond acceptors (Lipinski definition) is 0. The van der Waals surface area contributed by atoms with E-state index in [0.29, 0.717) is 44.0 Å². The lowest BCUT2D eigenvalue weighted by molar-refractivity contribution is -0.137. The van der Waals surface area contributed by atoms with Crippen molar-refractivity contribution in [2.24, 2.45) is 0 Å². The summed E-state index contributed by atoms with van der Waals surface area (Å²) in [7, 11) is 0. The zero-order chi connectivity index (χ0) is 46.7. The van der Waals surface area contributed by atoms with E-state index in [4.69, 9.17) is 0 Å². The Morgan fingerprint density at radius 1 is 0.333 bits per heavy atom. The minimum Gasteiger partial charge on any atom is -0.308 e. The van der Waals surface area contributed by atoms with Crippen LogP contribution >= 0.6 is 0 Å². The van der Waals surface area contributed by atoms with E-state index in [1.807, 2.05) is 96.9 Å². The van der Waals surface area contributed by atoms with E-state index in [9.17, 15) is 4.39 Å². The van der Waals surface area contributed by atoms with Gasteiger partial charge in [-0.15, -0.1) is 0 Å². The van der Waals surface area contributed by atoms with Gasteiger partial charge >= 0.3 is 6.18 Å². The van der Waals surface area contributed by atoms with Crippen LogP contribution in [-0.4, -0.2) is 9.13 Å². The molecule has 0 aliphatic heterocycles. The average molecular weight is 867 g/mol. The molecule has 6 aromatic carbocycles. The zero-order valence-electron chi connectivity index (χ0n) is 38.6. The molecule has 0 fully saturated rings. The van der Waals surface area contributed by atoms with E-state index in [2.05, 4.69) is 0 Å². The second-order valence-corrected chi connectivity index (χ2v) is 17.9. The molecule has 328 valence electrons. The summed E-state index contributed by atoms with van der Waals surface area (Å²) in [5, 5.41) is 2.84. The van der Waals surface area contributed by atoms with E-state index >= 15 is 30.7 Å². The van der Waals surface area contributed by atoms with Crippen molar-refractivity contribution in [2.75, 3.05) is 0 Å². The summed E-state index contributed by atoms with van der Waals surface area (Å²) in [5.74, 6) is -11.4. The van der Waals surface area contributed by atoms with Gasteiger partial charge in [-0.25, -0.2) is 22.0 Å². The van der Waals surface area contributed by atoms with Gasteiger partial charge in [0, 0.05) is 27.1 Å². The van der Waals surface area contributed by atoms with Crippen LogP contribution in [0.5, 0.6) is 0 Å². The quantitative estimate of drug-likeness (QED) is 0.0951. The van der Waals surface area contributed by atoms with Crippen molar-refractivity contribution in [3.63, 3.8) is 0 Å². The number of aromatic nitrogens is 2. The molecule has 0 saturated heterocycles. The number of benzene rings is 6. The Balaban J connectivity index is 1.81. The lowest BCUT2D eigenvalue weighted by Crippen LogP contribution is -2.18. The van der Waals surface area contributed by atoms with Crippen LogP contribution in [-0.2, 0) is 6.18 Å². The maximum absolute atomic E-state index is 17.1. The van der Waals surface area contributed by atoms with Crippen molar-refractivity contribution in [3.8, 4) is 22.5 Å². The first kappa shape index (κ1) is 44.0. The van der Waals surface area contributed by atoms with Gasteiger partial charge in [0.25, 0.3) is 0 Å². The van der Waals surface area contributed by atoms with Crippen LogP contribution in [0.1, 0.15) is 94.6 Å². The van der Waals surface area contributed by atoms with Crippen LogP contribution in [0.4, 0.5) is 35.1 Å². The first-order valence-corrected chi connectivity index (χ1v) is 21.0. The molecule has 0 aliphatic rings. The van der Waals surface area contributed by atoms with Crippen LogP contribution < -0.4 is 0 Å². The maximum Gasteiger partial charge on any atom is 0.420 e. The number of fused-ring (bicyclic) bond motifs is 6. The predicted octanol–water partition coefficient (Wildman–Crippen LogP) is 16.2. The highest BCUT2D eigenvalue weighted by molar-refractivity contribution is 6.17. The number of alkyl halides is 3. The number of aryl methyl sites for hydroxylation is 8. The van der Waals surface area contributed by atoms with Gasteiger partial charge in [0.05, 0.1) is 39.0 Å². The SMILES string of the molecule is Cc1c(C)c(C)c2c(c1C)c1c(C)c(C)c(C)c(C)c1n2-c1ccc(-c2c(F)c(F)c(F)c(F)c2F)c(-n2c3c(C)c(C)c(C)c(C)c3c3c(C)c(C)c(C)c(C)c32)c1C(F)(F)F. The molecule has 0 amide bonds. The topological polar surface area (TPSA) is 9.86 Å². The molecule has 63 heavy (non-hydrogen) atoms. The summed E-state index contributed by atoms with van der Waals surface area (Å²) in [6.45, 7) is 30.5. The van der Waals surface area contributed by atoms with Gasteiger partial charge in [0.2, 0.25) is 5.82 Å². The first-order chi connectivity index (χ1) is 29.2. The fourth-order valence-corrected chi connectivity index (χ4v) is 10.5. The van der Waals surface area contributed by atoms with Crippen molar-refractivity contribution < 1.29 is 35.1 Å². The van der Waals surface area contributed by atoms with E-state index in [1.165, 1.54) is 4.57 Å². The number of rotatable bonds is 3. The molecule has 2 aromatic heterocycles. The summed E-state index contributed by atoms with van der Waals surface area (Å²) in [4.78, 5) is 0. The monoisotopic (exact) mass is 866 g/mol. The van der Waals surface area contributed by atoms with Gasteiger partial charge in [-0.3, -0.25) is 0 Å². The van der Waals surface area contributed by atoms with Gasteiger partial charge in [0.15, 0.2) is 23.3 Å². The fourth-order valence-electron chi connectivity index (χ4n) is 10.5. The van der Waals surface area contributed by atoms with Crippen LogP contribution in [0.25, 0.3) is 66.1 Å². The third-order valence-electron chi connectivity index (χ3n) is 15.4. The van der Waals surface area contributed by atoms with Crippen molar-refractivity contribution >= 4 is 43.6 Å². The summed E-state index contributed by atoms with van der Waals surface area (Å²) in [6, 6.07) is 2.22. The Morgan fingerprint density at radius 2 is 0.603 bits per heavy atom.